The molecule has 0 spiro atoms. The van der Waals surface area contributed by atoms with Crippen LogP contribution in [-0.2, 0) is 6.42 Å². The minimum atomic E-state index is -0.355. The lowest BCUT2D eigenvalue weighted by molar-refractivity contribution is 0.414. The number of ether oxygens (including phenoxy) is 1. The lowest BCUT2D eigenvalue weighted by atomic mass is 9.99. The maximum absolute atomic E-state index is 10.9. The Balaban J connectivity index is 2.04. The van der Waals surface area contributed by atoms with Gasteiger partial charge >= 0.3 is 0 Å². The number of aryl methyl sites for hydroxylation is 1. The SMILES string of the molecule is COc1ccc2c(c1)CCCN2c1cc(Br)cc(C(C)N=O)c1. The minimum Gasteiger partial charge on any atom is -0.497 e. The van der Waals surface area contributed by atoms with E-state index in [0.29, 0.717) is 0 Å². The largest absolute Gasteiger partial charge is 0.497 e. The van der Waals surface area contributed by atoms with Crippen molar-refractivity contribution >= 4 is 27.3 Å². The number of anilines is 2. The first-order valence-corrected chi connectivity index (χ1v) is 8.49. The van der Waals surface area contributed by atoms with Gasteiger partial charge in [0.2, 0.25) is 0 Å². The van der Waals surface area contributed by atoms with Gasteiger partial charge in [0.05, 0.1) is 7.11 Å². The maximum atomic E-state index is 10.9. The van der Waals surface area contributed by atoms with E-state index in [2.05, 4.69) is 50.3 Å². The van der Waals surface area contributed by atoms with Crippen LogP contribution < -0.4 is 9.64 Å². The van der Waals surface area contributed by atoms with Gasteiger partial charge in [-0.15, -0.1) is 0 Å². The van der Waals surface area contributed by atoms with Crippen molar-refractivity contribution < 1.29 is 4.74 Å². The highest BCUT2D eigenvalue weighted by Crippen LogP contribution is 2.37. The number of nitrogens with zero attached hydrogens (tertiary/aromatic N) is 2. The average molecular weight is 375 g/mol. The van der Waals surface area contributed by atoms with Crippen LogP contribution in [0.5, 0.6) is 5.75 Å². The Morgan fingerprint density at radius 2 is 2.09 bits per heavy atom. The molecule has 0 fully saturated rings. The van der Waals surface area contributed by atoms with Crippen molar-refractivity contribution in [1.82, 2.24) is 0 Å². The fraction of sp³-hybridized carbons (Fsp3) is 0.333. The number of rotatable bonds is 4. The fourth-order valence-electron chi connectivity index (χ4n) is 3.02. The first-order chi connectivity index (χ1) is 11.1. The van der Waals surface area contributed by atoms with E-state index in [1.165, 1.54) is 11.3 Å². The van der Waals surface area contributed by atoms with E-state index in [1.807, 2.05) is 19.1 Å². The fourth-order valence-corrected chi connectivity index (χ4v) is 3.52. The van der Waals surface area contributed by atoms with Crippen LogP contribution in [-0.4, -0.2) is 13.7 Å². The van der Waals surface area contributed by atoms with Gasteiger partial charge in [-0.3, -0.25) is 0 Å². The van der Waals surface area contributed by atoms with Crippen molar-refractivity contribution in [3.8, 4) is 5.75 Å². The zero-order valence-electron chi connectivity index (χ0n) is 13.3. The molecule has 2 aromatic rings. The minimum absolute atomic E-state index is 0.355. The van der Waals surface area contributed by atoms with Crippen LogP contribution >= 0.6 is 15.9 Å². The van der Waals surface area contributed by atoms with Gasteiger partial charge in [-0.05, 0) is 67.3 Å². The third kappa shape index (κ3) is 3.24. The van der Waals surface area contributed by atoms with Gasteiger partial charge in [0.25, 0.3) is 0 Å². The van der Waals surface area contributed by atoms with E-state index in [4.69, 9.17) is 4.74 Å². The smallest absolute Gasteiger partial charge is 0.119 e. The molecule has 0 saturated carbocycles. The molecule has 2 aromatic carbocycles. The Morgan fingerprint density at radius 1 is 1.26 bits per heavy atom. The highest BCUT2D eigenvalue weighted by atomic mass is 79.9. The molecule has 0 aromatic heterocycles. The second-order valence-electron chi connectivity index (χ2n) is 5.77. The lowest BCUT2D eigenvalue weighted by Gasteiger charge is -2.32. The van der Waals surface area contributed by atoms with Crippen molar-refractivity contribution in [3.63, 3.8) is 0 Å². The predicted octanol–water partition coefficient (Wildman–Crippen LogP) is 5.37. The molecule has 0 saturated heterocycles. The molecule has 0 radical (unpaired) electrons. The van der Waals surface area contributed by atoms with Gasteiger partial charge in [-0.1, -0.05) is 21.1 Å². The molecule has 0 aliphatic carbocycles. The molecule has 4 nitrogen and oxygen atoms in total. The van der Waals surface area contributed by atoms with Gasteiger partial charge in [0, 0.05) is 22.4 Å². The first-order valence-electron chi connectivity index (χ1n) is 7.70. The summed E-state index contributed by atoms with van der Waals surface area (Å²) in [5.74, 6) is 0.888. The number of methoxy groups -OCH3 is 1. The second kappa shape index (κ2) is 6.71. The molecular weight excluding hydrogens is 356 g/mol. The summed E-state index contributed by atoms with van der Waals surface area (Å²) in [5, 5.41) is 3.15. The summed E-state index contributed by atoms with van der Waals surface area (Å²) in [7, 11) is 1.69. The van der Waals surface area contributed by atoms with E-state index < -0.39 is 0 Å². The molecule has 0 amide bonds. The Kier molecular flexibility index (Phi) is 4.66. The highest BCUT2D eigenvalue weighted by Gasteiger charge is 2.20. The molecule has 1 unspecified atom stereocenters. The molecule has 120 valence electrons. The van der Waals surface area contributed by atoms with Crippen molar-refractivity contribution in [2.24, 2.45) is 5.18 Å². The molecule has 5 heteroatoms. The van der Waals surface area contributed by atoms with Gasteiger partial charge < -0.3 is 9.64 Å². The van der Waals surface area contributed by atoms with Crippen LogP contribution in [0.4, 0.5) is 11.4 Å². The maximum Gasteiger partial charge on any atom is 0.119 e. The molecule has 1 aliphatic rings. The quantitative estimate of drug-likeness (QED) is 0.675. The number of halogens is 1. The molecule has 0 bridgehead atoms. The molecule has 23 heavy (non-hydrogen) atoms. The van der Waals surface area contributed by atoms with E-state index in [1.54, 1.807) is 7.11 Å². The number of hydrogen-bond acceptors (Lipinski definition) is 4. The van der Waals surface area contributed by atoms with Crippen LogP contribution in [0.3, 0.4) is 0 Å². The van der Waals surface area contributed by atoms with Crippen LogP contribution in [0.2, 0.25) is 0 Å². The summed E-state index contributed by atoms with van der Waals surface area (Å²) in [6.45, 7) is 2.77. The van der Waals surface area contributed by atoms with E-state index >= 15 is 0 Å². The van der Waals surface area contributed by atoms with Crippen LogP contribution in [0.1, 0.15) is 30.5 Å². The Bertz CT molecular complexity index is 733. The molecule has 3 rings (SSSR count). The monoisotopic (exact) mass is 374 g/mol. The molecule has 0 N–H and O–H groups in total. The van der Waals surface area contributed by atoms with Crippen LogP contribution in [0, 0.1) is 4.91 Å². The predicted molar refractivity (Wildman–Crippen MR) is 96.7 cm³/mol. The molecular formula is C18H19BrN2O2. The Hall–Kier alpha value is -1.88. The summed E-state index contributed by atoms with van der Waals surface area (Å²) >= 11 is 3.55. The molecule has 1 aliphatic heterocycles. The summed E-state index contributed by atoms with van der Waals surface area (Å²) < 4.78 is 6.29. The van der Waals surface area contributed by atoms with Gasteiger partial charge in [-0.25, -0.2) is 0 Å². The van der Waals surface area contributed by atoms with Crippen molar-refractivity contribution in [3.05, 3.63) is 56.9 Å². The summed E-state index contributed by atoms with van der Waals surface area (Å²) in [4.78, 5) is 13.2. The highest BCUT2D eigenvalue weighted by molar-refractivity contribution is 9.10. The zero-order chi connectivity index (χ0) is 16.4. The Labute approximate surface area is 144 Å². The molecule has 1 atom stereocenters. The number of benzene rings is 2. The van der Waals surface area contributed by atoms with Gasteiger partial charge in [0.1, 0.15) is 11.8 Å². The van der Waals surface area contributed by atoms with Crippen molar-refractivity contribution in [2.45, 2.75) is 25.8 Å². The van der Waals surface area contributed by atoms with Gasteiger partial charge in [0.15, 0.2) is 0 Å². The number of nitroso groups, excluding NO2 is 1. The molecule has 1 heterocycles. The van der Waals surface area contributed by atoms with Gasteiger partial charge in [-0.2, -0.15) is 4.91 Å². The normalized spacial score (nSPS) is 15.0. The lowest BCUT2D eigenvalue weighted by Crippen LogP contribution is -2.24. The summed E-state index contributed by atoms with van der Waals surface area (Å²) in [6.07, 6.45) is 2.14. The summed E-state index contributed by atoms with van der Waals surface area (Å²) in [5.41, 5.74) is 4.49. The second-order valence-corrected chi connectivity index (χ2v) is 6.69. The third-order valence-electron chi connectivity index (χ3n) is 4.26. The third-order valence-corrected chi connectivity index (χ3v) is 4.72. The van der Waals surface area contributed by atoms with E-state index in [0.717, 1.165) is 40.9 Å². The van der Waals surface area contributed by atoms with E-state index in [-0.39, 0.29) is 6.04 Å². The standard InChI is InChI=1S/C18H19BrN2O2/c1-12(20-22)14-8-15(19)11-16(9-14)21-7-3-4-13-10-17(23-2)5-6-18(13)21/h5-6,8-12H,3-4,7H2,1-2H3. The Morgan fingerprint density at radius 3 is 2.83 bits per heavy atom. The zero-order valence-corrected chi connectivity index (χ0v) is 14.8. The van der Waals surface area contributed by atoms with Crippen molar-refractivity contribution in [2.75, 3.05) is 18.6 Å². The van der Waals surface area contributed by atoms with Crippen LogP contribution in [0.15, 0.2) is 46.0 Å². The number of fused-ring (bicyclic) bond motifs is 1. The van der Waals surface area contributed by atoms with Crippen molar-refractivity contribution in [1.29, 1.82) is 0 Å². The van der Waals surface area contributed by atoms with Crippen LogP contribution in [0.25, 0.3) is 0 Å². The topological polar surface area (TPSA) is 41.9 Å². The first kappa shape index (κ1) is 16.0. The average Bonchev–Trinajstić information content (AvgIpc) is 2.59. The summed E-state index contributed by atoms with van der Waals surface area (Å²) in [6, 6.07) is 11.9. The van der Waals surface area contributed by atoms with E-state index in [9.17, 15) is 4.91 Å². The number of hydrogen-bond donors (Lipinski definition) is 0.